The normalized spacial score (nSPS) is 13.2. The summed E-state index contributed by atoms with van der Waals surface area (Å²) < 4.78 is 14.7. The molecule has 0 aliphatic rings. The fraction of sp³-hybridized carbons (Fsp3) is 0.941. The van der Waals surface area contributed by atoms with Crippen LogP contribution in [0.15, 0.2) is 0 Å². The van der Waals surface area contributed by atoms with Crippen molar-refractivity contribution in [2.24, 2.45) is 11.8 Å². The van der Waals surface area contributed by atoms with Crippen molar-refractivity contribution in [1.29, 1.82) is 0 Å². The van der Waals surface area contributed by atoms with Gasteiger partial charge in [0, 0.05) is 0 Å². The average Bonchev–Trinajstić information content (AvgIpc) is 2.96. The Balaban J connectivity index is 5.76. The van der Waals surface area contributed by atoms with Gasteiger partial charge in [-0.3, -0.25) is 0 Å². The van der Waals surface area contributed by atoms with Gasteiger partial charge in [-0.2, -0.15) is 0 Å². The van der Waals surface area contributed by atoms with Gasteiger partial charge >= 0.3 is 273 Å². The maximum absolute atomic E-state index is 13.6. The average molecular weight is 724 g/mol. The minimum absolute atomic E-state index is 0.151. The van der Waals surface area contributed by atoms with Crippen LogP contribution in [-0.4, -0.2) is 42.6 Å². The molecular formula is C34H68O4S2Sn. The third kappa shape index (κ3) is 21.7. The molecule has 41 heavy (non-hydrogen) atoms. The van der Waals surface area contributed by atoms with Crippen LogP contribution in [0.2, 0.25) is 8.87 Å². The van der Waals surface area contributed by atoms with Crippen molar-refractivity contribution >= 4 is 56.4 Å². The second-order valence-corrected chi connectivity index (χ2v) is 22.2. The molecule has 0 aromatic rings. The van der Waals surface area contributed by atoms with Crippen LogP contribution < -0.4 is 0 Å². The molecule has 0 saturated heterocycles. The van der Waals surface area contributed by atoms with Crippen LogP contribution >= 0.6 is 25.3 Å². The third-order valence-electron chi connectivity index (χ3n) is 8.32. The minimum atomic E-state index is -4.07. The Bertz CT molecular complexity index is 568. The topological polar surface area (TPSA) is 52.6 Å². The van der Waals surface area contributed by atoms with E-state index in [1.165, 1.54) is 77.0 Å². The van der Waals surface area contributed by atoms with E-state index in [2.05, 4.69) is 53.0 Å². The van der Waals surface area contributed by atoms with E-state index in [1.807, 2.05) is 0 Å². The van der Waals surface area contributed by atoms with E-state index in [9.17, 15) is 9.59 Å². The van der Waals surface area contributed by atoms with E-state index < -0.39 is 19.2 Å². The molecular weight excluding hydrogens is 655 g/mol. The molecule has 0 spiro atoms. The predicted molar refractivity (Wildman–Crippen MR) is 187 cm³/mol. The van der Waals surface area contributed by atoms with Crippen LogP contribution in [0.25, 0.3) is 0 Å². The molecule has 0 aliphatic carbocycles. The summed E-state index contributed by atoms with van der Waals surface area (Å²) >= 11 is 5.02. The fourth-order valence-electron chi connectivity index (χ4n) is 5.43. The quantitative estimate of drug-likeness (QED) is 0.0440. The second-order valence-electron chi connectivity index (χ2n) is 12.2. The summed E-state index contributed by atoms with van der Waals surface area (Å²) in [5.74, 6) is 0.254. The van der Waals surface area contributed by atoms with Gasteiger partial charge in [-0.25, -0.2) is 0 Å². The van der Waals surface area contributed by atoms with Crippen molar-refractivity contribution < 1.29 is 15.7 Å². The fourth-order valence-corrected chi connectivity index (χ4v) is 15.6. The molecule has 0 saturated carbocycles. The molecule has 0 rings (SSSR count). The Hall–Kier alpha value is 0.439. The third-order valence-corrected chi connectivity index (χ3v) is 18.8. The first-order valence-corrected chi connectivity index (χ1v) is 25.2. The Morgan fingerprint density at radius 2 is 0.780 bits per heavy atom. The number of thiol groups is 2. The molecule has 0 N–H and O–H groups in total. The first-order valence-electron chi connectivity index (χ1n) is 17.6. The van der Waals surface area contributed by atoms with Crippen LogP contribution in [-0.2, 0) is 15.7 Å². The Kier molecular flexibility index (Phi) is 29.5. The zero-order valence-electron chi connectivity index (χ0n) is 27.6. The number of rotatable bonds is 30. The standard InChI is InChI=1S/2C9H18O2S.2C8H17.Sn/c2*1-2-3-4-5-6-8(7-12)9(10)11;2*1-3-5-7-8-6-4-2;/h2*8,12H,2-7H2,1H3,(H,10,11);2*1,3-8H2,2H3;/q;;;;+2/p-2. The summed E-state index contributed by atoms with van der Waals surface area (Å²) in [5, 5.41) is 0. The molecule has 0 bridgehead atoms. The van der Waals surface area contributed by atoms with Crippen molar-refractivity contribution in [3.8, 4) is 0 Å². The number of hydrogen-bond donors (Lipinski definition) is 2. The molecule has 2 atom stereocenters. The van der Waals surface area contributed by atoms with E-state index in [0.717, 1.165) is 73.1 Å². The monoisotopic (exact) mass is 724 g/mol. The molecule has 0 aromatic heterocycles. The van der Waals surface area contributed by atoms with Crippen molar-refractivity contribution in [3.05, 3.63) is 0 Å². The molecule has 0 aromatic carbocycles. The zero-order valence-corrected chi connectivity index (χ0v) is 32.2. The van der Waals surface area contributed by atoms with Gasteiger partial charge in [-0.1, -0.05) is 0 Å². The molecule has 4 nitrogen and oxygen atoms in total. The van der Waals surface area contributed by atoms with E-state index in [-0.39, 0.29) is 23.8 Å². The van der Waals surface area contributed by atoms with Crippen LogP contribution in [0.4, 0.5) is 0 Å². The summed E-state index contributed by atoms with van der Waals surface area (Å²) in [7, 11) is 0. The van der Waals surface area contributed by atoms with Crippen molar-refractivity contribution in [2.45, 2.75) is 178 Å². The first kappa shape index (κ1) is 41.4. The van der Waals surface area contributed by atoms with Crippen molar-refractivity contribution in [1.82, 2.24) is 0 Å². The van der Waals surface area contributed by atoms with Crippen LogP contribution in [0.1, 0.15) is 169 Å². The van der Waals surface area contributed by atoms with Gasteiger partial charge in [0.2, 0.25) is 0 Å². The van der Waals surface area contributed by atoms with E-state index in [0.29, 0.717) is 11.5 Å². The van der Waals surface area contributed by atoms with E-state index in [4.69, 9.17) is 6.15 Å². The van der Waals surface area contributed by atoms with Crippen LogP contribution in [0.5, 0.6) is 0 Å². The van der Waals surface area contributed by atoms with E-state index >= 15 is 0 Å². The van der Waals surface area contributed by atoms with E-state index in [1.54, 1.807) is 0 Å². The number of hydrogen-bond acceptors (Lipinski definition) is 6. The maximum atomic E-state index is 13.6. The van der Waals surface area contributed by atoms with Crippen molar-refractivity contribution in [2.75, 3.05) is 11.5 Å². The summed E-state index contributed by atoms with van der Waals surface area (Å²) in [6, 6.07) is 0. The summed E-state index contributed by atoms with van der Waals surface area (Å²) in [5.41, 5.74) is 0. The molecule has 0 radical (unpaired) electrons. The number of carbonyl (C=O) groups excluding carboxylic acids is 2. The number of carbonyl (C=O) groups is 2. The van der Waals surface area contributed by atoms with Gasteiger partial charge in [0.15, 0.2) is 0 Å². The zero-order chi connectivity index (χ0) is 30.6. The molecule has 0 amide bonds. The molecule has 0 aliphatic heterocycles. The predicted octanol–water partition coefficient (Wildman–Crippen LogP) is 11.3. The first-order chi connectivity index (χ1) is 19.9. The van der Waals surface area contributed by atoms with Crippen LogP contribution in [0.3, 0.4) is 0 Å². The summed E-state index contributed by atoms with van der Waals surface area (Å²) in [4.78, 5) is 27.3. The Labute approximate surface area is 271 Å². The van der Waals surface area contributed by atoms with Crippen molar-refractivity contribution in [3.63, 3.8) is 0 Å². The van der Waals surface area contributed by atoms with Gasteiger partial charge in [-0.15, -0.1) is 0 Å². The van der Waals surface area contributed by atoms with Gasteiger partial charge in [0.05, 0.1) is 0 Å². The SMILES string of the molecule is CCCCCCC[CH2][Sn]([CH2]CCCCCCC)([O]C(=O)C(CS)CCCCCC)[O]C(=O)C(CS)CCCCCC. The number of unbranched alkanes of at least 4 members (excludes halogenated alkanes) is 16. The molecule has 0 fully saturated rings. The summed E-state index contributed by atoms with van der Waals surface area (Å²) in [6.07, 6.45) is 24.7. The second kappa shape index (κ2) is 29.2. The van der Waals surface area contributed by atoms with Gasteiger partial charge < -0.3 is 0 Å². The molecule has 2 unspecified atom stereocenters. The van der Waals surface area contributed by atoms with Gasteiger partial charge in [-0.05, 0) is 0 Å². The molecule has 244 valence electrons. The Morgan fingerprint density at radius 1 is 0.488 bits per heavy atom. The molecule has 7 heteroatoms. The molecule has 0 heterocycles. The van der Waals surface area contributed by atoms with Crippen LogP contribution in [0, 0.1) is 11.8 Å². The Morgan fingerprint density at radius 3 is 1.10 bits per heavy atom. The van der Waals surface area contributed by atoms with Gasteiger partial charge in [0.1, 0.15) is 0 Å². The van der Waals surface area contributed by atoms with Gasteiger partial charge in [0.25, 0.3) is 0 Å². The summed E-state index contributed by atoms with van der Waals surface area (Å²) in [6.45, 7) is 8.88.